The molecule has 0 bridgehead atoms. The Bertz CT molecular complexity index is 469. The smallest absolute Gasteiger partial charge is 0.0702 e. The monoisotopic (exact) mass is 273 g/mol. The van der Waals surface area contributed by atoms with Gasteiger partial charge in [0, 0.05) is 31.7 Å². The number of nitrogens with zero attached hydrogens (tertiary/aromatic N) is 1. The van der Waals surface area contributed by atoms with E-state index in [2.05, 4.69) is 29.9 Å². The van der Waals surface area contributed by atoms with Gasteiger partial charge in [0.1, 0.15) is 0 Å². The van der Waals surface area contributed by atoms with Gasteiger partial charge in [0.15, 0.2) is 0 Å². The van der Waals surface area contributed by atoms with Gasteiger partial charge in [0.2, 0.25) is 0 Å². The van der Waals surface area contributed by atoms with Crippen LogP contribution >= 0.6 is 0 Å². The number of hydrogen-bond acceptors (Lipinski definition) is 3. The Kier molecular flexibility index (Phi) is 6.07. The minimum Gasteiger partial charge on any atom is -0.395 e. The maximum Gasteiger partial charge on any atom is 0.0702 e. The molecule has 1 unspecified atom stereocenters. The van der Waals surface area contributed by atoms with Crippen molar-refractivity contribution in [2.45, 2.75) is 31.9 Å². The van der Waals surface area contributed by atoms with Crippen molar-refractivity contribution in [1.29, 1.82) is 0 Å². The van der Waals surface area contributed by atoms with Crippen LogP contribution in [0.15, 0.2) is 24.3 Å². The highest BCUT2D eigenvalue weighted by molar-refractivity contribution is 5.41. The second kappa shape index (κ2) is 8.06. The fourth-order valence-electron chi connectivity index (χ4n) is 2.49. The SMILES string of the molecule is CN(Cc1ccccc1C#CCCO)CC1CCCO1. The summed E-state index contributed by atoms with van der Waals surface area (Å²) >= 11 is 0. The van der Waals surface area contributed by atoms with Gasteiger partial charge in [-0.3, -0.25) is 4.90 Å². The van der Waals surface area contributed by atoms with Crippen molar-refractivity contribution in [1.82, 2.24) is 4.90 Å². The summed E-state index contributed by atoms with van der Waals surface area (Å²) in [6, 6.07) is 8.22. The lowest BCUT2D eigenvalue weighted by Gasteiger charge is -2.21. The van der Waals surface area contributed by atoms with Crippen LogP contribution < -0.4 is 0 Å². The van der Waals surface area contributed by atoms with Crippen LogP contribution in [0.25, 0.3) is 0 Å². The van der Waals surface area contributed by atoms with E-state index in [4.69, 9.17) is 9.84 Å². The fourth-order valence-corrected chi connectivity index (χ4v) is 2.49. The molecule has 0 aliphatic carbocycles. The van der Waals surface area contributed by atoms with Gasteiger partial charge in [-0.15, -0.1) is 0 Å². The average molecular weight is 273 g/mol. The Morgan fingerprint density at radius 2 is 2.25 bits per heavy atom. The number of likely N-dealkylation sites (N-methyl/N-ethyl adjacent to an activating group) is 1. The Balaban J connectivity index is 1.95. The van der Waals surface area contributed by atoms with Crippen LogP contribution in [0.2, 0.25) is 0 Å². The first-order valence-corrected chi connectivity index (χ1v) is 7.27. The maximum atomic E-state index is 8.79. The molecule has 1 aliphatic rings. The second-order valence-corrected chi connectivity index (χ2v) is 5.26. The van der Waals surface area contributed by atoms with Gasteiger partial charge >= 0.3 is 0 Å². The number of hydrogen-bond donors (Lipinski definition) is 1. The van der Waals surface area contributed by atoms with Gasteiger partial charge in [-0.1, -0.05) is 30.0 Å². The molecule has 3 nitrogen and oxygen atoms in total. The molecule has 1 atom stereocenters. The molecule has 1 aromatic rings. The first-order valence-electron chi connectivity index (χ1n) is 7.27. The number of ether oxygens (including phenoxy) is 1. The molecule has 2 rings (SSSR count). The fraction of sp³-hybridized carbons (Fsp3) is 0.529. The normalized spacial score (nSPS) is 18.1. The predicted molar refractivity (Wildman–Crippen MR) is 80.3 cm³/mol. The minimum atomic E-state index is 0.119. The van der Waals surface area contributed by atoms with E-state index in [9.17, 15) is 0 Å². The van der Waals surface area contributed by atoms with Crippen molar-refractivity contribution in [2.24, 2.45) is 0 Å². The van der Waals surface area contributed by atoms with Gasteiger partial charge < -0.3 is 9.84 Å². The number of benzene rings is 1. The molecule has 0 aromatic heterocycles. The molecular weight excluding hydrogens is 250 g/mol. The van der Waals surface area contributed by atoms with E-state index in [1.807, 2.05) is 18.2 Å². The molecule has 1 aliphatic heterocycles. The van der Waals surface area contributed by atoms with Crippen LogP contribution in [-0.2, 0) is 11.3 Å². The van der Waals surface area contributed by atoms with E-state index in [1.54, 1.807) is 0 Å². The minimum absolute atomic E-state index is 0.119. The largest absolute Gasteiger partial charge is 0.395 e. The summed E-state index contributed by atoms with van der Waals surface area (Å²) in [4.78, 5) is 2.29. The van der Waals surface area contributed by atoms with E-state index >= 15 is 0 Å². The third-order valence-electron chi connectivity index (χ3n) is 3.46. The molecule has 1 saturated heterocycles. The van der Waals surface area contributed by atoms with Gasteiger partial charge in [-0.2, -0.15) is 0 Å². The molecule has 0 spiro atoms. The highest BCUT2D eigenvalue weighted by Crippen LogP contribution is 2.15. The molecule has 3 heteroatoms. The Morgan fingerprint density at radius 1 is 1.40 bits per heavy atom. The van der Waals surface area contributed by atoms with Crippen LogP contribution in [0, 0.1) is 11.8 Å². The van der Waals surface area contributed by atoms with Gasteiger partial charge in [-0.05, 0) is 31.5 Å². The van der Waals surface area contributed by atoms with E-state index in [0.717, 1.165) is 25.3 Å². The molecule has 1 fully saturated rings. The molecule has 0 saturated carbocycles. The number of aliphatic hydroxyl groups is 1. The van der Waals surface area contributed by atoms with Crippen molar-refractivity contribution < 1.29 is 9.84 Å². The average Bonchev–Trinajstić information content (AvgIpc) is 2.93. The van der Waals surface area contributed by atoms with Crippen LogP contribution in [0.5, 0.6) is 0 Å². The summed E-state index contributed by atoms with van der Waals surface area (Å²) in [5, 5.41) is 8.79. The molecule has 20 heavy (non-hydrogen) atoms. The van der Waals surface area contributed by atoms with Crippen molar-refractivity contribution in [3.63, 3.8) is 0 Å². The summed E-state index contributed by atoms with van der Waals surface area (Å²) in [7, 11) is 2.12. The lowest BCUT2D eigenvalue weighted by atomic mass is 10.1. The molecule has 108 valence electrons. The van der Waals surface area contributed by atoms with E-state index in [0.29, 0.717) is 12.5 Å². The van der Waals surface area contributed by atoms with Crippen LogP contribution in [0.4, 0.5) is 0 Å². The molecule has 0 radical (unpaired) electrons. The molecule has 0 amide bonds. The lowest BCUT2D eigenvalue weighted by molar-refractivity contribution is 0.0793. The zero-order valence-corrected chi connectivity index (χ0v) is 12.1. The van der Waals surface area contributed by atoms with Crippen molar-refractivity contribution in [3.8, 4) is 11.8 Å². The van der Waals surface area contributed by atoms with Gasteiger partial charge in [-0.25, -0.2) is 0 Å². The zero-order chi connectivity index (χ0) is 14.2. The Labute approximate surface area is 121 Å². The third-order valence-corrected chi connectivity index (χ3v) is 3.46. The summed E-state index contributed by atoms with van der Waals surface area (Å²) in [6.45, 7) is 2.87. The standard InChI is InChI=1S/C17H23NO2/c1-18(14-17-10-6-12-20-17)13-16-9-3-2-7-15(16)8-4-5-11-19/h2-3,7,9,17,19H,5-6,10-14H2,1H3. The first-order chi connectivity index (χ1) is 9.79. The van der Waals surface area contributed by atoms with Crippen LogP contribution in [0.3, 0.4) is 0 Å². The molecular formula is C17H23NO2. The predicted octanol–water partition coefficient (Wildman–Crippen LogP) is 2.03. The molecule has 1 aromatic carbocycles. The van der Waals surface area contributed by atoms with E-state index < -0.39 is 0 Å². The van der Waals surface area contributed by atoms with Crippen LogP contribution in [-0.4, -0.2) is 42.9 Å². The van der Waals surface area contributed by atoms with Crippen molar-refractivity contribution >= 4 is 0 Å². The van der Waals surface area contributed by atoms with Crippen LogP contribution in [0.1, 0.15) is 30.4 Å². The number of aliphatic hydroxyl groups excluding tert-OH is 1. The summed E-state index contributed by atoms with van der Waals surface area (Å²) in [5.74, 6) is 6.14. The van der Waals surface area contributed by atoms with Gasteiger partial charge in [0.05, 0.1) is 12.7 Å². The maximum absolute atomic E-state index is 8.79. The highest BCUT2D eigenvalue weighted by Gasteiger charge is 2.17. The van der Waals surface area contributed by atoms with E-state index in [-0.39, 0.29) is 6.61 Å². The summed E-state index contributed by atoms with van der Waals surface area (Å²) < 4.78 is 5.67. The molecule has 1 N–H and O–H groups in total. The van der Waals surface area contributed by atoms with Crippen molar-refractivity contribution in [2.75, 3.05) is 26.8 Å². The summed E-state index contributed by atoms with van der Waals surface area (Å²) in [6.07, 6.45) is 3.26. The topological polar surface area (TPSA) is 32.7 Å². The number of rotatable bonds is 5. The molecule has 1 heterocycles. The highest BCUT2D eigenvalue weighted by atomic mass is 16.5. The van der Waals surface area contributed by atoms with Gasteiger partial charge in [0.25, 0.3) is 0 Å². The van der Waals surface area contributed by atoms with E-state index in [1.165, 1.54) is 18.4 Å². The Morgan fingerprint density at radius 3 is 3.00 bits per heavy atom. The zero-order valence-electron chi connectivity index (χ0n) is 12.1. The first kappa shape index (κ1) is 15.1. The Hall–Kier alpha value is -1.34. The quantitative estimate of drug-likeness (QED) is 0.833. The lowest BCUT2D eigenvalue weighted by Crippen LogP contribution is -2.28. The van der Waals surface area contributed by atoms with Crippen molar-refractivity contribution in [3.05, 3.63) is 35.4 Å². The summed E-state index contributed by atoms with van der Waals surface area (Å²) in [5.41, 5.74) is 2.29. The second-order valence-electron chi connectivity index (χ2n) is 5.26. The third kappa shape index (κ3) is 4.64.